The van der Waals surface area contributed by atoms with Crippen molar-refractivity contribution in [2.45, 2.75) is 39.5 Å². The molecule has 2 rings (SSSR count). The van der Waals surface area contributed by atoms with E-state index in [0.29, 0.717) is 22.4 Å². The van der Waals surface area contributed by atoms with Gasteiger partial charge in [-0.2, -0.15) is 0 Å². The number of nitrogens with one attached hydrogen (secondary N) is 3. The summed E-state index contributed by atoms with van der Waals surface area (Å²) in [6.07, 6.45) is 2.74. The largest absolute Gasteiger partial charge is 0.336 e. The topological polar surface area (TPSA) is 77.8 Å². The zero-order valence-electron chi connectivity index (χ0n) is 13.4. The van der Waals surface area contributed by atoms with Crippen molar-refractivity contribution in [3.63, 3.8) is 0 Å². The highest BCUT2D eigenvalue weighted by molar-refractivity contribution is 7.71. The smallest absolute Gasteiger partial charge is 0.255 e. The number of rotatable bonds is 6. The van der Waals surface area contributed by atoms with Crippen LogP contribution in [0.15, 0.2) is 29.1 Å². The lowest BCUT2D eigenvalue weighted by Crippen LogP contribution is -2.19. The lowest BCUT2D eigenvalue weighted by Gasteiger charge is -2.07. The molecule has 5 nitrogen and oxygen atoms in total. The minimum absolute atomic E-state index is 0.116. The molecule has 1 aromatic heterocycles. The van der Waals surface area contributed by atoms with Gasteiger partial charge >= 0.3 is 0 Å². The zero-order chi connectivity index (χ0) is 16.8. The summed E-state index contributed by atoms with van der Waals surface area (Å²) in [5.41, 5.74) is 3.06. The molecule has 0 atom stereocenters. The van der Waals surface area contributed by atoms with Gasteiger partial charge in [0.05, 0.1) is 0 Å². The fourth-order valence-corrected chi connectivity index (χ4v) is 2.68. The van der Waals surface area contributed by atoms with Gasteiger partial charge in [-0.25, -0.2) is 0 Å². The lowest BCUT2D eigenvalue weighted by molar-refractivity contribution is -0.116. The molecule has 2 aromatic rings. The Balaban J connectivity index is 1.95. The molecule has 1 aromatic carbocycles. The average molecular weight is 331 g/mol. The van der Waals surface area contributed by atoms with E-state index in [1.54, 1.807) is 6.92 Å². The number of amides is 1. The molecule has 0 radical (unpaired) electrons. The number of carbonyl (C=O) groups excluding carboxylic acids is 1. The summed E-state index contributed by atoms with van der Waals surface area (Å²) in [6, 6.07) is 7.85. The first-order valence-electron chi connectivity index (χ1n) is 7.70. The molecule has 0 aliphatic rings. The number of benzene rings is 1. The molecule has 1 amide bonds. The second-order valence-electron chi connectivity index (χ2n) is 5.51. The first-order chi connectivity index (χ1) is 11.0. The van der Waals surface area contributed by atoms with Crippen molar-refractivity contribution in [1.82, 2.24) is 9.97 Å². The zero-order valence-corrected chi connectivity index (χ0v) is 14.2. The molecule has 3 N–H and O–H groups in total. The van der Waals surface area contributed by atoms with E-state index in [2.05, 4.69) is 22.2 Å². The quantitative estimate of drug-likeness (QED) is 0.711. The van der Waals surface area contributed by atoms with Gasteiger partial charge in [0, 0.05) is 23.4 Å². The van der Waals surface area contributed by atoms with Crippen molar-refractivity contribution in [2.75, 3.05) is 5.32 Å². The Morgan fingerprint density at radius 3 is 2.48 bits per heavy atom. The van der Waals surface area contributed by atoms with Crippen molar-refractivity contribution < 1.29 is 4.79 Å². The van der Waals surface area contributed by atoms with Gasteiger partial charge in [-0.05, 0) is 49.7 Å². The van der Waals surface area contributed by atoms with Gasteiger partial charge < -0.3 is 10.3 Å². The Morgan fingerprint density at radius 2 is 1.87 bits per heavy atom. The summed E-state index contributed by atoms with van der Waals surface area (Å²) in [6.45, 7) is 3.92. The fraction of sp³-hybridized carbons (Fsp3) is 0.353. The highest BCUT2D eigenvalue weighted by Crippen LogP contribution is 2.12. The molecule has 0 unspecified atom stereocenters. The SMILES string of the molecule is CCCc1ccc(NC(=O)CCc2c(C)[nH]c(=S)[nH]c2=O)cc1. The third-order valence-electron chi connectivity index (χ3n) is 3.63. The fourth-order valence-electron chi connectivity index (χ4n) is 2.43. The van der Waals surface area contributed by atoms with Crippen LogP contribution in [-0.2, 0) is 17.6 Å². The van der Waals surface area contributed by atoms with Crippen LogP contribution in [0, 0.1) is 11.7 Å². The van der Waals surface area contributed by atoms with Gasteiger partial charge in [-0.3, -0.25) is 14.6 Å². The third-order valence-corrected chi connectivity index (χ3v) is 3.84. The van der Waals surface area contributed by atoms with Crippen LogP contribution >= 0.6 is 12.2 Å². The second-order valence-corrected chi connectivity index (χ2v) is 5.92. The van der Waals surface area contributed by atoms with Gasteiger partial charge in [-0.1, -0.05) is 25.5 Å². The standard InChI is InChI=1S/C17H21N3O2S/c1-3-4-12-5-7-13(8-6-12)19-15(21)10-9-14-11(2)18-17(23)20-16(14)22/h5-8H,3-4,9-10H2,1-2H3,(H,19,21)(H2,18,20,22,23). The van der Waals surface area contributed by atoms with Crippen molar-refractivity contribution in [3.05, 3.63) is 56.2 Å². The molecular formula is C17H21N3O2S. The Bertz CT molecular complexity index is 791. The van der Waals surface area contributed by atoms with Crippen molar-refractivity contribution in [2.24, 2.45) is 0 Å². The minimum atomic E-state index is -0.233. The number of hydrogen-bond donors (Lipinski definition) is 3. The van der Waals surface area contributed by atoms with Crippen LogP contribution in [0.5, 0.6) is 0 Å². The van der Waals surface area contributed by atoms with Gasteiger partial charge in [0.25, 0.3) is 5.56 Å². The highest BCUT2D eigenvalue weighted by Gasteiger charge is 2.09. The summed E-state index contributed by atoms with van der Waals surface area (Å²) in [7, 11) is 0. The summed E-state index contributed by atoms with van der Waals surface area (Å²) in [5.74, 6) is -0.116. The average Bonchev–Trinajstić information content (AvgIpc) is 2.48. The maximum Gasteiger partial charge on any atom is 0.255 e. The van der Waals surface area contributed by atoms with Gasteiger partial charge in [0.15, 0.2) is 4.77 Å². The first kappa shape index (κ1) is 17.1. The van der Waals surface area contributed by atoms with Crippen molar-refractivity contribution in [1.29, 1.82) is 0 Å². The van der Waals surface area contributed by atoms with Crippen LogP contribution in [0.2, 0.25) is 0 Å². The highest BCUT2D eigenvalue weighted by atomic mass is 32.1. The van der Waals surface area contributed by atoms with E-state index in [1.807, 2.05) is 24.3 Å². The Hall–Kier alpha value is -2.21. The second kappa shape index (κ2) is 7.87. The number of carbonyl (C=O) groups is 1. The predicted octanol–water partition coefficient (Wildman–Crippen LogP) is 3.26. The molecule has 0 saturated heterocycles. The summed E-state index contributed by atoms with van der Waals surface area (Å²) < 4.78 is 0.299. The van der Waals surface area contributed by atoms with Gasteiger partial charge in [-0.15, -0.1) is 0 Å². The number of aromatic nitrogens is 2. The van der Waals surface area contributed by atoms with E-state index in [4.69, 9.17) is 12.2 Å². The van der Waals surface area contributed by atoms with Crippen LogP contribution in [-0.4, -0.2) is 15.9 Å². The molecule has 0 aliphatic heterocycles. The number of H-pyrrole nitrogens is 2. The Kier molecular flexibility index (Phi) is 5.87. The molecule has 23 heavy (non-hydrogen) atoms. The van der Waals surface area contributed by atoms with Crippen molar-refractivity contribution in [3.8, 4) is 0 Å². The molecule has 0 aliphatic carbocycles. The molecule has 0 bridgehead atoms. The molecule has 0 fully saturated rings. The van der Waals surface area contributed by atoms with Crippen LogP contribution in [0.1, 0.15) is 36.6 Å². The van der Waals surface area contributed by atoms with Crippen LogP contribution in [0.3, 0.4) is 0 Å². The van der Waals surface area contributed by atoms with E-state index < -0.39 is 0 Å². The monoisotopic (exact) mass is 331 g/mol. The number of aryl methyl sites for hydroxylation is 2. The maximum atomic E-state index is 12.0. The third kappa shape index (κ3) is 4.89. The van der Waals surface area contributed by atoms with Gasteiger partial charge in [0.1, 0.15) is 0 Å². The number of hydrogen-bond acceptors (Lipinski definition) is 3. The molecule has 6 heteroatoms. The van der Waals surface area contributed by atoms with E-state index in [0.717, 1.165) is 18.5 Å². The Labute approximate surface area is 140 Å². The first-order valence-corrected chi connectivity index (χ1v) is 8.11. The van der Waals surface area contributed by atoms with E-state index >= 15 is 0 Å². The Morgan fingerprint density at radius 1 is 1.17 bits per heavy atom. The molecule has 1 heterocycles. The molecular weight excluding hydrogens is 310 g/mol. The normalized spacial score (nSPS) is 10.5. The summed E-state index contributed by atoms with van der Waals surface area (Å²) in [4.78, 5) is 29.3. The molecule has 0 spiro atoms. The van der Waals surface area contributed by atoms with Crippen LogP contribution < -0.4 is 10.9 Å². The summed E-state index contributed by atoms with van der Waals surface area (Å²) >= 11 is 4.91. The van der Waals surface area contributed by atoms with E-state index in [1.165, 1.54) is 5.56 Å². The maximum absolute atomic E-state index is 12.0. The molecule has 122 valence electrons. The molecule has 0 saturated carbocycles. The minimum Gasteiger partial charge on any atom is -0.336 e. The van der Waals surface area contributed by atoms with Crippen LogP contribution in [0.4, 0.5) is 5.69 Å². The van der Waals surface area contributed by atoms with Crippen LogP contribution in [0.25, 0.3) is 0 Å². The lowest BCUT2D eigenvalue weighted by atomic mass is 10.1. The number of anilines is 1. The van der Waals surface area contributed by atoms with E-state index in [9.17, 15) is 9.59 Å². The predicted molar refractivity (Wildman–Crippen MR) is 94.4 cm³/mol. The van der Waals surface area contributed by atoms with Crippen molar-refractivity contribution >= 4 is 23.8 Å². The van der Waals surface area contributed by atoms with Gasteiger partial charge in [0.2, 0.25) is 5.91 Å². The number of aromatic amines is 2. The summed E-state index contributed by atoms with van der Waals surface area (Å²) in [5, 5.41) is 2.85. The van der Waals surface area contributed by atoms with E-state index in [-0.39, 0.29) is 17.9 Å².